The van der Waals surface area contributed by atoms with Gasteiger partial charge in [0, 0.05) is 11.3 Å². The molecule has 0 aliphatic carbocycles. The van der Waals surface area contributed by atoms with Crippen LogP contribution in [0, 0.1) is 5.92 Å². The van der Waals surface area contributed by atoms with E-state index >= 15 is 0 Å². The Labute approximate surface area is 180 Å². The van der Waals surface area contributed by atoms with Gasteiger partial charge in [0.2, 0.25) is 5.91 Å². The first kappa shape index (κ1) is 22.3. The lowest BCUT2D eigenvalue weighted by Gasteiger charge is -2.17. The third kappa shape index (κ3) is 5.21. The number of carbonyl (C=O) groups excluding carboxylic acids is 2. The van der Waals surface area contributed by atoms with Crippen LogP contribution in [0.4, 0.5) is 5.69 Å². The number of rotatable bonds is 7. The first-order valence-electron chi connectivity index (χ1n) is 9.52. The molecule has 0 aromatic heterocycles. The smallest absolute Gasteiger partial charge is 0.343 e. The standard InChI is InChI=1S/C21H23N3O6S/c1-13(2)19(23-20-16-6-4-5-7-17(16)31(27,28)24-20)21(26)22-14-8-10-15(11-9-14)30-12-18(25)29-3/h4-11,13,19H,12H2,1-3H3,(H,22,26)(H,23,24)/t19-/m0/s1. The molecule has 0 bridgehead atoms. The average Bonchev–Trinajstić information content (AvgIpc) is 3.01. The Morgan fingerprint density at radius 2 is 1.77 bits per heavy atom. The van der Waals surface area contributed by atoms with Crippen LogP contribution < -0.4 is 14.8 Å². The fraction of sp³-hybridized carbons (Fsp3) is 0.286. The normalized spacial score (nSPS) is 16.3. The first-order chi connectivity index (χ1) is 14.7. The number of methoxy groups -OCH3 is 1. The zero-order valence-corrected chi connectivity index (χ0v) is 18.1. The molecule has 10 heteroatoms. The van der Waals surface area contributed by atoms with Crippen molar-refractivity contribution in [2.24, 2.45) is 10.9 Å². The van der Waals surface area contributed by atoms with Crippen molar-refractivity contribution < 1.29 is 27.5 Å². The second-order valence-corrected chi connectivity index (χ2v) is 8.80. The largest absolute Gasteiger partial charge is 0.482 e. The van der Waals surface area contributed by atoms with Gasteiger partial charge in [0.25, 0.3) is 10.0 Å². The fourth-order valence-electron chi connectivity index (χ4n) is 2.93. The maximum Gasteiger partial charge on any atom is 0.343 e. The second-order valence-electron chi connectivity index (χ2n) is 7.15. The van der Waals surface area contributed by atoms with E-state index in [0.29, 0.717) is 17.0 Å². The zero-order chi connectivity index (χ0) is 22.6. The molecule has 2 aromatic carbocycles. The van der Waals surface area contributed by atoms with Gasteiger partial charge in [-0.1, -0.05) is 26.0 Å². The number of amidine groups is 1. The second kappa shape index (κ2) is 9.17. The molecule has 3 rings (SSSR count). The summed E-state index contributed by atoms with van der Waals surface area (Å²) in [6.45, 7) is 3.44. The van der Waals surface area contributed by atoms with E-state index in [-0.39, 0.29) is 29.2 Å². The van der Waals surface area contributed by atoms with Crippen LogP contribution in [-0.2, 0) is 24.3 Å². The summed E-state index contributed by atoms with van der Waals surface area (Å²) >= 11 is 0. The van der Waals surface area contributed by atoms with E-state index in [4.69, 9.17) is 4.74 Å². The lowest BCUT2D eigenvalue weighted by molar-refractivity contribution is -0.142. The van der Waals surface area contributed by atoms with Crippen molar-refractivity contribution in [2.45, 2.75) is 24.8 Å². The monoisotopic (exact) mass is 445 g/mol. The van der Waals surface area contributed by atoms with Crippen molar-refractivity contribution in [1.82, 2.24) is 4.72 Å². The van der Waals surface area contributed by atoms with E-state index < -0.39 is 22.0 Å². The molecule has 1 aliphatic rings. The molecule has 0 spiro atoms. The van der Waals surface area contributed by atoms with Crippen molar-refractivity contribution in [3.8, 4) is 5.75 Å². The maximum atomic E-state index is 12.9. The van der Waals surface area contributed by atoms with Crippen LogP contribution in [0.15, 0.2) is 58.4 Å². The summed E-state index contributed by atoms with van der Waals surface area (Å²) in [5, 5.41) is 2.77. The third-order valence-electron chi connectivity index (χ3n) is 4.54. The Bertz CT molecular complexity index is 1110. The molecular formula is C21H23N3O6S. The predicted molar refractivity (Wildman–Crippen MR) is 115 cm³/mol. The highest BCUT2D eigenvalue weighted by molar-refractivity contribution is 7.90. The van der Waals surface area contributed by atoms with Gasteiger partial charge in [0.05, 0.1) is 12.0 Å². The number of anilines is 1. The number of hydrogen-bond donors (Lipinski definition) is 2. The number of fused-ring (bicyclic) bond motifs is 1. The summed E-state index contributed by atoms with van der Waals surface area (Å²) in [4.78, 5) is 28.6. The summed E-state index contributed by atoms with van der Waals surface area (Å²) in [6, 6.07) is 12.1. The van der Waals surface area contributed by atoms with E-state index in [1.54, 1.807) is 42.5 Å². The Morgan fingerprint density at radius 1 is 1.10 bits per heavy atom. The fourth-order valence-corrected chi connectivity index (χ4v) is 4.17. The number of sulfonamides is 1. The Hall–Kier alpha value is -3.40. The molecule has 0 unspecified atom stereocenters. The number of benzene rings is 2. The molecule has 0 radical (unpaired) electrons. The molecule has 0 saturated carbocycles. The number of amides is 1. The SMILES string of the molecule is COC(=O)COc1ccc(NC(=O)[C@@H](N=C2NS(=O)(=O)c3ccccc32)C(C)C)cc1. The van der Waals surface area contributed by atoms with E-state index in [2.05, 4.69) is 19.8 Å². The molecule has 9 nitrogen and oxygen atoms in total. The van der Waals surface area contributed by atoms with Crippen LogP contribution in [0.3, 0.4) is 0 Å². The molecule has 1 heterocycles. The number of carbonyl (C=O) groups is 2. The van der Waals surface area contributed by atoms with Crippen LogP contribution in [-0.4, -0.2) is 45.9 Å². The van der Waals surface area contributed by atoms with Crippen molar-refractivity contribution in [3.05, 3.63) is 54.1 Å². The van der Waals surface area contributed by atoms with Crippen LogP contribution in [0.2, 0.25) is 0 Å². The number of nitrogens with one attached hydrogen (secondary N) is 2. The van der Waals surface area contributed by atoms with Gasteiger partial charge in [-0.15, -0.1) is 0 Å². The van der Waals surface area contributed by atoms with Crippen molar-refractivity contribution in [1.29, 1.82) is 0 Å². The number of nitrogens with zero attached hydrogens (tertiary/aromatic N) is 1. The van der Waals surface area contributed by atoms with E-state index in [1.165, 1.54) is 13.2 Å². The first-order valence-corrected chi connectivity index (χ1v) is 11.0. The van der Waals surface area contributed by atoms with Crippen molar-refractivity contribution in [2.75, 3.05) is 19.0 Å². The Balaban J connectivity index is 1.75. The summed E-state index contributed by atoms with van der Waals surface area (Å²) in [6.07, 6.45) is 0. The summed E-state index contributed by atoms with van der Waals surface area (Å²) in [5.41, 5.74) is 0.946. The topological polar surface area (TPSA) is 123 Å². The highest BCUT2D eigenvalue weighted by atomic mass is 32.2. The van der Waals surface area contributed by atoms with Crippen LogP contribution in [0.25, 0.3) is 0 Å². The molecule has 1 aliphatic heterocycles. The maximum absolute atomic E-state index is 12.9. The highest BCUT2D eigenvalue weighted by Crippen LogP contribution is 2.24. The van der Waals surface area contributed by atoms with Crippen molar-refractivity contribution >= 4 is 33.4 Å². The molecule has 0 fully saturated rings. The lowest BCUT2D eigenvalue weighted by Crippen LogP contribution is -2.34. The van der Waals surface area contributed by atoms with Crippen LogP contribution in [0.1, 0.15) is 19.4 Å². The van der Waals surface area contributed by atoms with Gasteiger partial charge >= 0.3 is 5.97 Å². The molecule has 1 amide bonds. The Morgan fingerprint density at radius 3 is 2.42 bits per heavy atom. The van der Waals surface area contributed by atoms with Gasteiger partial charge in [-0.3, -0.25) is 14.5 Å². The molecule has 31 heavy (non-hydrogen) atoms. The Kier molecular flexibility index (Phi) is 6.59. The minimum Gasteiger partial charge on any atom is -0.482 e. The van der Waals surface area contributed by atoms with Crippen molar-refractivity contribution in [3.63, 3.8) is 0 Å². The van der Waals surface area contributed by atoms with Crippen LogP contribution >= 0.6 is 0 Å². The predicted octanol–water partition coefficient (Wildman–Crippen LogP) is 1.94. The quantitative estimate of drug-likeness (QED) is 0.628. The van der Waals surface area contributed by atoms with Gasteiger partial charge in [-0.05, 0) is 42.3 Å². The lowest BCUT2D eigenvalue weighted by atomic mass is 10.0. The number of hydrogen-bond acceptors (Lipinski definition) is 7. The van der Waals surface area contributed by atoms with E-state index in [0.717, 1.165) is 0 Å². The molecular weight excluding hydrogens is 422 g/mol. The number of ether oxygens (including phenoxy) is 2. The van der Waals surface area contributed by atoms with Gasteiger partial charge in [0.15, 0.2) is 6.61 Å². The van der Waals surface area contributed by atoms with E-state index in [9.17, 15) is 18.0 Å². The summed E-state index contributed by atoms with van der Waals surface area (Å²) in [5.74, 6) is -0.473. The zero-order valence-electron chi connectivity index (χ0n) is 17.3. The van der Waals surface area contributed by atoms with Gasteiger partial charge in [-0.25, -0.2) is 13.2 Å². The summed E-state index contributed by atoms with van der Waals surface area (Å²) < 4.78 is 36.8. The molecule has 164 valence electrons. The number of aliphatic imine (C=N–C) groups is 1. The average molecular weight is 445 g/mol. The molecule has 2 N–H and O–H groups in total. The third-order valence-corrected chi connectivity index (χ3v) is 5.93. The van der Waals surface area contributed by atoms with Crippen LogP contribution in [0.5, 0.6) is 5.75 Å². The number of esters is 1. The summed E-state index contributed by atoms with van der Waals surface area (Å²) in [7, 11) is -2.42. The van der Waals surface area contributed by atoms with Gasteiger partial charge < -0.3 is 14.8 Å². The van der Waals surface area contributed by atoms with Gasteiger partial charge in [0.1, 0.15) is 17.6 Å². The minimum absolute atomic E-state index is 0.138. The highest BCUT2D eigenvalue weighted by Gasteiger charge is 2.32. The molecule has 0 saturated heterocycles. The van der Waals surface area contributed by atoms with E-state index in [1.807, 2.05) is 13.8 Å². The van der Waals surface area contributed by atoms with Gasteiger partial charge in [-0.2, -0.15) is 0 Å². The minimum atomic E-state index is -3.69. The molecule has 2 aromatic rings. The molecule has 1 atom stereocenters.